The third-order valence-electron chi connectivity index (χ3n) is 4.88. The number of H-pyrrole nitrogens is 1. The number of nitrogens with one attached hydrogen (secondary N) is 2. The third-order valence-corrected chi connectivity index (χ3v) is 4.88. The number of carbonyl (C=O) groups excluding carboxylic acids is 1. The van der Waals surface area contributed by atoms with Crippen molar-refractivity contribution in [2.75, 3.05) is 5.32 Å². The molecular formula is C23H17N3O2. The first-order valence-electron chi connectivity index (χ1n) is 9.06. The topological polar surface area (TPSA) is 67.0 Å². The first-order chi connectivity index (χ1) is 13.8. The summed E-state index contributed by atoms with van der Waals surface area (Å²) in [4.78, 5) is 13.3. The second-order valence-corrected chi connectivity index (χ2v) is 6.65. The largest absolute Gasteiger partial charge is 0.457 e. The van der Waals surface area contributed by atoms with E-state index in [2.05, 4.69) is 15.5 Å². The number of hydrogen-bond donors (Lipinski definition) is 2. The minimum Gasteiger partial charge on any atom is -0.457 e. The van der Waals surface area contributed by atoms with Crippen LogP contribution < -0.4 is 10.1 Å². The van der Waals surface area contributed by atoms with Gasteiger partial charge in [-0.25, -0.2) is 0 Å². The lowest BCUT2D eigenvalue weighted by Gasteiger charge is -2.27. The molecular weight excluding hydrogens is 350 g/mol. The van der Waals surface area contributed by atoms with Crippen molar-refractivity contribution in [2.24, 2.45) is 0 Å². The summed E-state index contributed by atoms with van der Waals surface area (Å²) in [5.41, 5.74) is 4.33. The summed E-state index contributed by atoms with van der Waals surface area (Å²) in [5.74, 6) is 0.905. The number of amides is 1. The van der Waals surface area contributed by atoms with Crippen molar-refractivity contribution in [1.29, 1.82) is 0 Å². The van der Waals surface area contributed by atoms with E-state index in [0.717, 1.165) is 28.1 Å². The lowest BCUT2D eigenvalue weighted by molar-refractivity contribution is -0.116. The number of hydrogen-bond acceptors (Lipinski definition) is 3. The highest BCUT2D eigenvalue weighted by molar-refractivity contribution is 5.99. The molecule has 0 saturated heterocycles. The van der Waals surface area contributed by atoms with Gasteiger partial charge in [-0.1, -0.05) is 48.5 Å². The van der Waals surface area contributed by atoms with Gasteiger partial charge in [0.1, 0.15) is 11.5 Å². The fourth-order valence-electron chi connectivity index (χ4n) is 3.59. The molecule has 0 saturated carbocycles. The minimum atomic E-state index is -0.433. The Labute approximate surface area is 162 Å². The van der Waals surface area contributed by atoms with Gasteiger partial charge in [-0.2, -0.15) is 5.10 Å². The van der Waals surface area contributed by atoms with E-state index in [0.29, 0.717) is 11.5 Å². The number of para-hydroxylation sites is 2. The molecule has 0 atom stereocenters. The summed E-state index contributed by atoms with van der Waals surface area (Å²) in [7, 11) is 0. The van der Waals surface area contributed by atoms with Crippen molar-refractivity contribution in [2.45, 2.75) is 5.92 Å². The number of nitrogens with zero attached hydrogens (tertiary/aromatic N) is 1. The van der Waals surface area contributed by atoms with Gasteiger partial charge in [-0.15, -0.1) is 0 Å². The van der Waals surface area contributed by atoms with E-state index in [-0.39, 0.29) is 5.91 Å². The van der Waals surface area contributed by atoms with E-state index in [1.165, 1.54) is 0 Å². The molecule has 1 aliphatic heterocycles. The maximum absolute atomic E-state index is 13.3. The number of carbonyl (C=O) groups is 1. The van der Waals surface area contributed by atoms with Gasteiger partial charge in [0.05, 0.1) is 11.6 Å². The van der Waals surface area contributed by atoms with E-state index in [1.54, 1.807) is 6.20 Å². The summed E-state index contributed by atoms with van der Waals surface area (Å²) in [6.45, 7) is 0. The predicted molar refractivity (Wildman–Crippen MR) is 107 cm³/mol. The average molecular weight is 367 g/mol. The SMILES string of the molecule is O=C(Nc1cccc(-c2ccn[nH]2)c1)C1c2ccccc2Oc2ccccc21. The molecule has 0 unspecified atom stereocenters. The maximum Gasteiger partial charge on any atom is 0.236 e. The zero-order valence-electron chi connectivity index (χ0n) is 14.9. The van der Waals surface area contributed by atoms with Crippen LogP contribution in [0.1, 0.15) is 17.0 Å². The number of anilines is 1. The molecule has 5 nitrogen and oxygen atoms in total. The van der Waals surface area contributed by atoms with E-state index in [9.17, 15) is 4.79 Å². The summed E-state index contributed by atoms with van der Waals surface area (Å²) in [6, 6.07) is 24.9. The molecule has 136 valence electrons. The quantitative estimate of drug-likeness (QED) is 0.538. The Morgan fingerprint density at radius 2 is 1.61 bits per heavy atom. The van der Waals surface area contributed by atoms with Crippen LogP contribution in [0.25, 0.3) is 11.3 Å². The van der Waals surface area contributed by atoms with Crippen molar-refractivity contribution in [3.05, 3.63) is 96.2 Å². The molecule has 5 heteroatoms. The van der Waals surface area contributed by atoms with Gasteiger partial charge in [0.25, 0.3) is 0 Å². The average Bonchev–Trinajstić information content (AvgIpc) is 3.27. The van der Waals surface area contributed by atoms with Crippen LogP contribution in [0.15, 0.2) is 85.1 Å². The van der Waals surface area contributed by atoms with Crippen LogP contribution in [0, 0.1) is 0 Å². The van der Waals surface area contributed by atoms with Crippen LogP contribution in [-0.4, -0.2) is 16.1 Å². The third kappa shape index (κ3) is 2.83. The molecule has 0 radical (unpaired) electrons. The molecule has 1 amide bonds. The Morgan fingerprint density at radius 3 is 2.29 bits per heavy atom. The van der Waals surface area contributed by atoms with Gasteiger partial charge in [0.15, 0.2) is 0 Å². The van der Waals surface area contributed by atoms with Crippen molar-refractivity contribution in [1.82, 2.24) is 10.2 Å². The van der Waals surface area contributed by atoms with Crippen molar-refractivity contribution in [3.63, 3.8) is 0 Å². The van der Waals surface area contributed by atoms with E-state index in [1.807, 2.05) is 78.9 Å². The van der Waals surface area contributed by atoms with Gasteiger partial charge in [0, 0.05) is 28.6 Å². The summed E-state index contributed by atoms with van der Waals surface area (Å²) < 4.78 is 5.99. The van der Waals surface area contributed by atoms with Gasteiger partial charge >= 0.3 is 0 Å². The molecule has 1 aliphatic rings. The summed E-state index contributed by atoms with van der Waals surface area (Å²) in [6.07, 6.45) is 1.70. The van der Waals surface area contributed by atoms with Gasteiger partial charge in [-0.05, 0) is 30.3 Å². The Kier molecular flexibility index (Phi) is 3.91. The highest BCUT2D eigenvalue weighted by Gasteiger charge is 2.32. The molecule has 3 aromatic carbocycles. The standard InChI is InChI=1S/C23H17N3O2/c27-23(25-16-7-5-6-15(14-16)19-12-13-24-26-19)22-17-8-1-3-10-20(17)28-21-11-4-2-9-18(21)22/h1-14,22H,(H,24,26)(H,25,27). The zero-order valence-corrected chi connectivity index (χ0v) is 14.9. The van der Waals surface area contributed by atoms with Crippen molar-refractivity contribution in [3.8, 4) is 22.8 Å². The smallest absolute Gasteiger partial charge is 0.236 e. The molecule has 1 aromatic heterocycles. The second-order valence-electron chi connectivity index (χ2n) is 6.65. The number of rotatable bonds is 3. The highest BCUT2D eigenvalue weighted by Crippen LogP contribution is 2.44. The normalized spacial score (nSPS) is 12.6. The van der Waals surface area contributed by atoms with Crippen molar-refractivity contribution < 1.29 is 9.53 Å². The molecule has 0 bridgehead atoms. The summed E-state index contributed by atoms with van der Waals surface area (Å²) >= 11 is 0. The van der Waals surface area contributed by atoms with Crippen LogP contribution in [0.3, 0.4) is 0 Å². The molecule has 0 fully saturated rings. The van der Waals surface area contributed by atoms with Gasteiger partial charge in [0.2, 0.25) is 5.91 Å². The lowest BCUT2D eigenvalue weighted by Crippen LogP contribution is -2.25. The van der Waals surface area contributed by atoms with Gasteiger partial charge in [-0.3, -0.25) is 9.89 Å². The lowest BCUT2D eigenvalue weighted by atomic mass is 9.87. The first-order valence-corrected chi connectivity index (χ1v) is 9.06. The number of fused-ring (bicyclic) bond motifs is 2. The Morgan fingerprint density at radius 1 is 0.893 bits per heavy atom. The zero-order chi connectivity index (χ0) is 18.9. The van der Waals surface area contributed by atoms with Gasteiger partial charge < -0.3 is 10.1 Å². The number of ether oxygens (including phenoxy) is 1. The van der Waals surface area contributed by atoms with E-state index < -0.39 is 5.92 Å². The van der Waals surface area contributed by atoms with Crippen LogP contribution in [-0.2, 0) is 4.79 Å². The predicted octanol–water partition coefficient (Wildman–Crippen LogP) is 4.95. The number of aromatic amines is 1. The number of benzene rings is 3. The van der Waals surface area contributed by atoms with Crippen LogP contribution in [0.5, 0.6) is 11.5 Å². The fourth-order valence-corrected chi connectivity index (χ4v) is 3.59. The molecule has 0 aliphatic carbocycles. The van der Waals surface area contributed by atoms with Crippen molar-refractivity contribution >= 4 is 11.6 Å². The Bertz CT molecular complexity index is 1110. The maximum atomic E-state index is 13.3. The molecule has 4 aromatic rings. The van der Waals surface area contributed by atoms with Crippen LogP contribution in [0.4, 0.5) is 5.69 Å². The molecule has 28 heavy (non-hydrogen) atoms. The monoisotopic (exact) mass is 367 g/mol. The number of aromatic nitrogens is 2. The first kappa shape index (κ1) is 16.3. The van der Waals surface area contributed by atoms with E-state index >= 15 is 0 Å². The minimum absolute atomic E-state index is 0.0926. The molecule has 2 N–H and O–H groups in total. The highest BCUT2D eigenvalue weighted by atomic mass is 16.5. The fraction of sp³-hybridized carbons (Fsp3) is 0.0435. The second kappa shape index (κ2) is 6.70. The summed E-state index contributed by atoms with van der Waals surface area (Å²) in [5, 5.41) is 10.00. The Balaban J connectivity index is 1.50. The van der Waals surface area contributed by atoms with Crippen LogP contribution >= 0.6 is 0 Å². The van der Waals surface area contributed by atoms with Crippen LogP contribution in [0.2, 0.25) is 0 Å². The molecule has 5 rings (SSSR count). The van der Waals surface area contributed by atoms with E-state index in [4.69, 9.17) is 4.74 Å². The Hall–Kier alpha value is -3.86. The molecule has 2 heterocycles. The molecule has 0 spiro atoms.